The monoisotopic (exact) mass is 440 g/mol. The Morgan fingerprint density at radius 2 is 1.62 bits per heavy atom. The predicted octanol–water partition coefficient (Wildman–Crippen LogP) is 3.16. The first kappa shape index (κ1) is 22.3. The number of nitrogens with zero attached hydrogens (tertiary/aromatic N) is 2. The number of ether oxygens (including phenoxy) is 2. The van der Waals surface area contributed by atoms with E-state index in [0.717, 1.165) is 18.4 Å². The fourth-order valence-corrected chi connectivity index (χ4v) is 4.15. The summed E-state index contributed by atoms with van der Waals surface area (Å²) in [6.45, 7) is 4.20. The van der Waals surface area contributed by atoms with Gasteiger partial charge in [-0.2, -0.15) is 0 Å². The number of morpholine rings is 1. The molecule has 32 heavy (non-hydrogen) atoms. The number of piperidine rings is 1. The van der Waals surface area contributed by atoms with Gasteiger partial charge in [-0.15, -0.1) is 0 Å². The first-order valence-corrected chi connectivity index (χ1v) is 11.2. The Morgan fingerprint density at radius 1 is 0.938 bits per heavy atom. The molecule has 2 aromatic carbocycles. The van der Waals surface area contributed by atoms with Crippen LogP contribution in [-0.4, -0.2) is 67.6 Å². The molecule has 0 aromatic heterocycles. The smallest absolute Gasteiger partial charge is 0.257 e. The number of para-hydroxylation sites is 1. The Morgan fingerprint density at radius 3 is 2.34 bits per heavy atom. The van der Waals surface area contributed by atoms with Crippen LogP contribution in [0.25, 0.3) is 0 Å². The maximum Gasteiger partial charge on any atom is 0.257 e. The van der Waals surface area contributed by atoms with E-state index in [1.54, 1.807) is 17.0 Å². The van der Waals surface area contributed by atoms with Crippen LogP contribution < -0.4 is 4.74 Å². The van der Waals surface area contributed by atoms with Gasteiger partial charge in [0, 0.05) is 26.2 Å². The summed E-state index contributed by atoms with van der Waals surface area (Å²) >= 11 is 0. The number of carbonyl (C=O) groups excluding carboxylic acids is 2. The second-order valence-electron chi connectivity index (χ2n) is 8.34. The van der Waals surface area contributed by atoms with E-state index >= 15 is 0 Å². The highest BCUT2D eigenvalue weighted by Crippen LogP contribution is 2.24. The molecule has 2 aliphatic heterocycles. The van der Waals surface area contributed by atoms with Gasteiger partial charge in [0.05, 0.1) is 31.8 Å². The number of benzene rings is 2. The van der Waals surface area contributed by atoms with Crippen molar-refractivity contribution in [2.45, 2.75) is 19.3 Å². The molecular weight excluding hydrogens is 411 g/mol. The zero-order valence-corrected chi connectivity index (χ0v) is 18.2. The van der Waals surface area contributed by atoms with Crippen LogP contribution in [0, 0.1) is 11.7 Å². The van der Waals surface area contributed by atoms with Crippen LogP contribution in [0.2, 0.25) is 0 Å². The van der Waals surface area contributed by atoms with Gasteiger partial charge < -0.3 is 19.3 Å². The number of rotatable bonds is 6. The van der Waals surface area contributed by atoms with E-state index in [4.69, 9.17) is 9.47 Å². The fraction of sp³-hybridized carbons (Fsp3) is 0.440. The number of hydrogen-bond acceptors (Lipinski definition) is 4. The van der Waals surface area contributed by atoms with Crippen LogP contribution >= 0.6 is 0 Å². The van der Waals surface area contributed by atoms with Gasteiger partial charge in [0.25, 0.3) is 5.91 Å². The molecule has 2 heterocycles. The molecule has 2 fully saturated rings. The number of halogens is 1. The Kier molecular flexibility index (Phi) is 7.37. The van der Waals surface area contributed by atoms with E-state index in [2.05, 4.69) is 0 Å². The minimum Gasteiger partial charge on any atom is -0.492 e. The van der Waals surface area contributed by atoms with Crippen molar-refractivity contribution in [1.82, 2.24) is 9.80 Å². The summed E-state index contributed by atoms with van der Waals surface area (Å²) in [5.74, 6) is 0.688. The number of amides is 2. The van der Waals surface area contributed by atoms with Crippen LogP contribution in [0.5, 0.6) is 5.75 Å². The molecule has 0 aliphatic carbocycles. The minimum atomic E-state index is -0.296. The van der Waals surface area contributed by atoms with Crippen LogP contribution in [0.4, 0.5) is 4.39 Å². The zero-order chi connectivity index (χ0) is 22.3. The molecule has 0 saturated carbocycles. The van der Waals surface area contributed by atoms with Crippen molar-refractivity contribution in [3.8, 4) is 5.75 Å². The Hall–Kier alpha value is -2.93. The van der Waals surface area contributed by atoms with E-state index in [9.17, 15) is 14.0 Å². The lowest BCUT2D eigenvalue weighted by molar-refractivity contribution is -0.132. The second-order valence-corrected chi connectivity index (χ2v) is 8.34. The summed E-state index contributed by atoms with van der Waals surface area (Å²) in [5, 5.41) is 0. The van der Waals surface area contributed by atoms with E-state index in [1.165, 1.54) is 12.1 Å². The highest BCUT2D eigenvalue weighted by molar-refractivity contribution is 5.97. The Bertz CT molecular complexity index is 920. The lowest BCUT2D eigenvalue weighted by Crippen LogP contribution is -2.41. The first-order chi connectivity index (χ1) is 15.6. The first-order valence-electron chi connectivity index (χ1n) is 11.2. The van der Waals surface area contributed by atoms with Gasteiger partial charge in [-0.05, 0) is 48.6 Å². The maximum absolute atomic E-state index is 13.0. The van der Waals surface area contributed by atoms with Gasteiger partial charge in [0.15, 0.2) is 0 Å². The third-order valence-corrected chi connectivity index (χ3v) is 6.13. The quantitative estimate of drug-likeness (QED) is 0.693. The number of carbonyl (C=O) groups is 2. The van der Waals surface area contributed by atoms with Crippen molar-refractivity contribution in [2.75, 3.05) is 46.0 Å². The van der Waals surface area contributed by atoms with E-state index in [1.807, 2.05) is 29.2 Å². The Labute approximate surface area is 187 Å². The van der Waals surface area contributed by atoms with Crippen LogP contribution in [0.15, 0.2) is 48.5 Å². The lowest BCUT2D eigenvalue weighted by Gasteiger charge is -2.32. The van der Waals surface area contributed by atoms with Gasteiger partial charge in [-0.25, -0.2) is 4.39 Å². The third-order valence-electron chi connectivity index (χ3n) is 6.13. The van der Waals surface area contributed by atoms with Crippen LogP contribution in [-0.2, 0) is 16.0 Å². The average Bonchev–Trinajstić information content (AvgIpc) is 2.85. The van der Waals surface area contributed by atoms with Gasteiger partial charge >= 0.3 is 0 Å². The molecule has 4 rings (SSSR count). The predicted molar refractivity (Wildman–Crippen MR) is 118 cm³/mol. The molecule has 7 heteroatoms. The minimum absolute atomic E-state index is 0.0230. The summed E-state index contributed by atoms with van der Waals surface area (Å²) in [7, 11) is 0. The van der Waals surface area contributed by atoms with E-state index < -0.39 is 0 Å². The molecule has 2 amide bonds. The molecule has 6 nitrogen and oxygen atoms in total. The van der Waals surface area contributed by atoms with Crippen LogP contribution in [0.3, 0.4) is 0 Å². The molecular formula is C25H29FN2O4. The van der Waals surface area contributed by atoms with Crippen molar-refractivity contribution in [3.05, 3.63) is 65.5 Å². The SMILES string of the molecule is O=C(Cc1ccc(F)cc1)N1CCC(COc2ccccc2C(=O)N2CCOCC2)CC1. The normalized spacial score (nSPS) is 17.3. The number of likely N-dealkylation sites (tertiary alicyclic amines) is 1. The summed E-state index contributed by atoms with van der Waals surface area (Å²) in [6.07, 6.45) is 2.00. The van der Waals surface area contributed by atoms with Crippen LogP contribution in [0.1, 0.15) is 28.8 Å². The molecule has 170 valence electrons. The summed E-state index contributed by atoms with van der Waals surface area (Å²) < 4.78 is 24.5. The van der Waals surface area contributed by atoms with Gasteiger partial charge in [-0.3, -0.25) is 9.59 Å². The van der Waals surface area contributed by atoms with Crippen molar-refractivity contribution in [3.63, 3.8) is 0 Å². The topological polar surface area (TPSA) is 59.1 Å². The van der Waals surface area contributed by atoms with Gasteiger partial charge in [0.2, 0.25) is 5.91 Å². The molecule has 2 aromatic rings. The molecule has 0 radical (unpaired) electrons. The largest absolute Gasteiger partial charge is 0.492 e. The van der Waals surface area contributed by atoms with Gasteiger partial charge in [0.1, 0.15) is 11.6 Å². The summed E-state index contributed by atoms with van der Waals surface area (Å²) in [4.78, 5) is 29.1. The molecule has 0 unspecified atom stereocenters. The van der Waals surface area contributed by atoms with E-state index in [0.29, 0.717) is 69.7 Å². The van der Waals surface area contributed by atoms with Gasteiger partial charge in [-0.1, -0.05) is 24.3 Å². The molecule has 0 spiro atoms. The maximum atomic E-state index is 13.0. The van der Waals surface area contributed by atoms with Crippen molar-refractivity contribution >= 4 is 11.8 Å². The van der Waals surface area contributed by atoms with Crippen molar-refractivity contribution in [1.29, 1.82) is 0 Å². The molecule has 0 bridgehead atoms. The average molecular weight is 441 g/mol. The van der Waals surface area contributed by atoms with Crippen molar-refractivity contribution in [2.24, 2.45) is 5.92 Å². The summed E-state index contributed by atoms with van der Waals surface area (Å²) in [6, 6.07) is 13.5. The Balaban J connectivity index is 1.26. The molecule has 0 atom stereocenters. The third kappa shape index (κ3) is 5.65. The highest BCUT2D eigenvalue weighted by Gasteiger charge is 2.25. The fourth-order valence-electron chi connectivity index (χ4n) is 4.15. The molecule has 2 saturated heterocycles. The molecule has 2 aliphatic rings. The van der Waals surface area contributed by atoms with E-state index in [-0.39, 0.29) is 17.6 Å². The zero-order valence-electron chi connectivity index (χ0n) is 18.2. The summed E-state index contributed by atoms with van der Waals surface area (Å²) in [5.41, 5.74) is 1.41. The second kappa shape index (κ2) is 10.6. The number of hydrogen-bond donors (Lipinski definition) is 0. The van der Waals surface area contributed by atoms with Crippen molar-refractivity contribution < 1.29 is 23.5 Å². The highest BCUT2D eigenvalue weighted by atomic mass is 19.1. The lowest BCUT2D eigenvalue weighted by atomic mass is 9.97. The molecule has 0 N–H and O–H groups in total. The standard InChI is InChI=1S/C25H29FN2O4/c26-21-7-5-19(6-8-21)17-24(29)27-11-9-20(10-12-27)18-32-23-4-2-1-3-22(23)25(30)28-13-15-31-16-14-28/h1-8,20H,9-18H2.